The Balaban J connectivity index is 2.42. The first-order valence-electron chi connectivity index (χ1n) is 5.03. The van der Waals surface area contributed by atoms with Crippen LogP contribution in [0.5, 0.6) is 0 Å². The third kappa shape index (κ3) is 3.49. The van der Waals surface area contributed by atoms with Crippen LogP contribution in [0.4, 0.5) is 0 Å². The van der Waals surface area contributed by atoms with E-state index in [0.717, 1.165) is 19.1 Å². The van der Waals surface area contributed by atoms with Gasteiger partial charge in [0.25, 0.3) is 0 Å². The van der Waals surface area contributed by atoms with Crippen LogP contribution in [0.2, 0.25) is 0 Å². The number of nitrogens with two attached hydrogens (primary N) is 1. The number of thioether (sulfide) groups is 1. The first-order valence-corrected chi connectivity index (χ1v) is 6.19. The summed E-state index contributed by atoms with van der Waals surface area (Å²) in [5.74, 6) is 2.58. The normalized spacial score (nSPS) is 27.9. The minimum atomic E-state index is 0.510. The molecule has 0 aromatic rings. The zero-order chi connectivity index (χ0) is 9.90. The summed E-state index contributed by atoms with van der Waals surface area (Å²) in [6.45, 7) is 6.53. The SMILES string of the molecule is CN(CCN)C1CSCC(C)(C)C1. The molecule has 1 aliphatic heterocycles. The molecule has 0 amide bonds. The first-order chi connectivity index (χ1) is 6.05. The van der Waals surface area contributed by atoms with Crippen molar-refractivity contribution >= 4 is 11.8 Å². The maximum atomic E-state index is 5.56. The van der Waals surface area contributed by atoms with E-state index in [1.165, 1.54) is 17.9 Å². The fourth-order valence-electron chi connectivity index (χ4n) is 1.90. The van der Waals surface area contributed by atoms with Crippen LogP contribution in [-0.2, 0) is 0 Å². The Hall–Kier alpha value is 0.270. The Kier molecular flexibility index (Phi) is 4.07. The Labute approximate surface area is 86.2 Å². The van der Waals surface area contributed by atoms with Gasteiger partial charge in [-0.05, 0) is 24.6 Å². The summed E-state index contributed by atoms with van der Waals surface area (Å²) in [7, 11) is 2.19. The zero-order valence-corrected chi connectivity index (χ0v) is 9.86. The van der Waals surface area contributed by atoms with Gasteiger partial charge in [-0.15, -0.1) is 0 Å². The molecule has 3 heteroatoms. The molecule has 0 aliphatic carbocycles. The van der Waals surface area contributed by atoms with E-state index in [9.17, 15) is 0 Å². The van der Waals surface area contributed by atoms with Crippen LogP contribution in [0.15, 0.2) is 0 Å². The Morgan fingerprint density at radius 3 is 2.77 bits per heavy atom. The predicted molar refractivity (Wildman–Crippen MR) is 61.2 cm³/mol. The summed E-state index contributed by atoms with van der Waals surface area (Å²) >= 11 is 2.08. The molecule has 0 saturated carbocycles. The third-order valence-corrected chi connectivity index (χ3v) is 4.30. The fraction of sp³-hybridized carbons (Fsp3) is 1.00. The van der Waals surface area contributed by atoms with Crippen LogP contribution in [0.1, 0.15) is 20.3 Å². The lowest BCUT2D eigenvalue weighted by Crippen LogP contribution is -2.43. The Bertz CT molecular complexity index is 159. The van der Waals surface area contributed by atoms with Gasteiger partial charge >= 0.3 is 0 Å². The maximum Gasteiger partial charge on any atom is 0.0189 e. The molecule has 1 atom stereocenters. The number of likely N-dealkylation sites (N-methyl/N-ethyl adjacent to an activating group) is 1. The second-order valence-corrected chi connectivity index (χ2v) is 5.84. The van der Waals surface area contributed by atoms with Gasteiger partial charge in [-0.2, -0.15) is 11.8 Å². The molecule has 1 rings (SSSR count). The molecular weight excluding hydrogens is 180 g/mol. The minimum absolute atomic E-state index is 0.510. The molecule has 1 unspecified atom stereocenters. The molecule has 1 heterocycles. The molecule has 13 heavy (non-hydrogen) atoms. The third-order valence-electron chi connectivity index (χ3n) is 2.70. The molecule has 2 N–H and O–H groups in total. The highest BCUT2D eigenvalue weighted by atomic mass is 32.2. The van der Waals surface area contributed by atoms with Gasteiger partial charge in [0.2, 0.25) is 0 Å². The van der Waals surface area contributed by atoms with E-state index in [1.807, 2.05) is 0 Å². The monoisotopic (exact) mass is 202 g/mol. The Morgan fingerprint density at radius 1 is 1.54 bits per heavy atom. The summed E-state index contributed by atoms with van der Waals surface area (Å²) in [6.07, 6.45) is 1.32. The van der Waals surface area contributed by atoms with Crippen molar-refractivity contribution in [1.82, 2.24) is 4.90 Å². The van der Waals surface area contributed by atoms with Crippen molar-refractivity contribution in [3.05, 3.63) is 0 Å². The summed E-state index contributed by atoms with van der Waals surface area (Å²) in [4.78, 5) is 2.41. The van der Waals surface area contributed by atoms with Gasteiger partial charge < -0.3 is 10.6 Å². The summed E-state index contributed by atoms with van der Waals surface area (Å²) in [6, 6.07) is 0.734. The van der Waals surface area contributed by atoms with E-state index >= 15 is 0 Å². The first kappa shape index (κ1) is 11.3. The van der Waals surface area contributed by atoms with E-state index < -0.39 is 0 Å². The standard InChI is InChI=1S/C10H22N2S/c1-10(2)6-9(7-13-8-10)12(3)5-4-11/h9H,4-8,11H2,1-3H3. The van der Waals surface area contributed by atoms with Crippen molar-refractivity contribution in [3.63, 3.8) is 0 Å². The molecule has 1 fully saturated rings. The van der Waals surface area contributed by atoms with Crippen LogP contribution in [0, 0.1) is 5.41 Å². The predicted octanol–water partition coefficient (Wildman–Crippen LogP) is 1.41. The zero-order valence-electron chi connectivity index (χ0n) is 9.05. The van der Waals surface area contributed by atoms with E-state index in [-0.39, 0.29) is 0 Å². The lowest BCUT2D eigenvalue weighted by molar-refractivity contribution is 0.195. The average Bonchev–Trinajstić information content (AvgIpc) is 2.03. The minimum Gasteiger partial charge on any atom is -0.329 e. The van der Waals surface area contributed by atoms with E-state index in [0.29, 0.717) is 5.41 Å². The second-order valence-electron chi connectivity index (χ2n) is 4.81. The van der Waals surface area contributed by atoms with Crippen LogP contribution >= 0.6 is 11.8 Å². The maximum absolute atomic E-state index is 5.56. The van der Waals surface area contributed by atoms with Crippen LogP contribution in [0.3, 0.4) is 0 Å². The topological polar surface area (TPSA) is 29.3 Å². The number of hydrogen-bond acceptors (Lipinski definition) is 3. The van der Waals surface area contributed by atoms with E-state index in [4.69, 9.17) is 5.73 Å². The van der Waals surface area contributed by atoms with E-state index in [1.54, 1.807) is 0 Å². The second kappa shape index (κ2) is 4.67. The van der Waals surface area contributed by atoms with Crippen molar-refractivity contribution in [2.75, 3.05) is 31.6 Å². The molecule has 0 radical (unpaired) electrons. The lowest BCUT2D eigenvalue weighted by Gasteiger charge is -2.39. The highest BCUT2D eigenvalue weighted by molar-refractivity contribution is 7.99. The summed E-state index contributed by atoms with van der Waals surface area (Å²) in [5.41, 5.74) is 6.07. The molecule has 78 valence electrons. The molecule has 2 nitrogen and oxygen atoms in total. The van der Waals surface area contributed by atoms with Crippen molar-refractivity contribution < 1.29 is 0 Å². The quantitative estimate of drug-likeness (QED) is 0.750. The van der Waals surface area contributed by atoms with Crippen LogP contribution in [0.25, 0.3) is 0 Å². The van der Waals surface area contributed by atoms with Crippen LogP contribution in [-0.4, -0.2) is 42.6 Å². The number of hydrogen-bond donors (Lipinski definition) is 1. The number of rotatable bonds is 3. The smallest absolute Gasteiger partial charge is 0.0189 e. The van der Waals surface area contributed by atoms with Gasteiger partial charge in [0.1, 0.15) is 0 Å². The van der Waals surface area contributed by atoms with Crippen molar-refractivity contribution in [2.24, 2.45) is 11.1 Å². The molecule has 1 saturated heterocycles. The van der Waals surface area contributed by atoms with Crippen molar-refractivity contribution in [1.29, 1.82) is 0 Å². The Morgan fingerprint density at radius 2 is 2.23 bits per heavy atom. The molecular formula is C10H22N2S. The van der Waals surface area contributed by atoms with Gasteiger partial charge in [-0.3, -0.25) is 0 Å². The molecule has 0 bridgehead atoms. The number of nitrogens with zero attached hydrogens (tertiary/aromatic N) is 1. The van der Waals surface area contributed by atoms with Gasteiger partial charge in [0.15, 0.2) is 0 Å². The largest absolute Gasteiger partial charge is 0.329 e. The van der Waals surface area contributed by atoms with Crippen LogP contribution < -0.4 is 5.73 Å². The highest BCUT2D eigenvalue weighted by Gasteiger charge is 2.30. The highest BCUT2D eigenvalue weighted by Crippen LogP contribution is 2.34. The summed E-state index contributed by atoms with van der Waals surface area (Å²) < 4.78 is 0. The average molecular weight is 202 g/mol. The van der Waals surface area contributed by atoms with E-state index in [2.05, 4.69) is 37.6 Å². The van der Waals surface area contributed by atoms with Crippen molar-refractivity contribution in [2.45, 2.75) is 26.3 Å². The molecule has 1 aliphatic rings. The fourth-order valence-corrected chi connectivity index (χ4v) is 3.33. The van der Waals surface area contributed by atoms with Crippen molar-refractivity contribution in [3.8, 4) is 0 Å². The van der Waals surface area contributed by atoms with Gasteiger partial charge in [0, 0.05) is 24.9 Å². The van der Waals surface area contributed by atoms with Gasteiger partial charge in [-0.25, -0.2) is 0 Å². The molecule has 0 aromatic heterocycles. The molecule has 0 aromatic carbocycles. The molecule has 0 spiro atoms. The van der Waals surface area contributed by atoms with Gasteiger partial charge in [0.05, 0.1) is 0 Å². The summed E-state index contributed by atoms with van der Waals surface area (Å²) in [5, 5.41) is 0. The van der Waals surface area contributed by atoms with Gasteiger partial charge in [-0.1, -0.05) is 13.8 Å². The lowest BCUT2D eigenvalue weighted by atomic mass is 9.87.